The molecule has 0 heterocycles. The van der Waals surface area contributed by atoms with Crippen molar-refractivity contribution in [3.05, 3.63) is 64.7 Å². The van der Waals surface area contributed by atoms with Crippen molar-refractivity contribution in [2.24, 2.45) is 0 Å². The van der Waals surface area contributed by atoms with Gasteiger partial charge in [0.2, 0.25) is 5.91 Å². The lowest BCUT2D eigenvalue weighted by atomic mass is 10.0. The number of halogens is 1. The normalized spacial score (nSPS) is 10.5. The Morgan fingerprint density at radius 2 is 1.71 bits per heavy atom. The number of carbonyl (C=O) groups is 2. The summed E-state index contributed by atoms with van der Waals surface area (Å²) >= 11 is 5.96. The minimum Gasteiger partial charge on any atom is -0.351 e. The molecule has 0 saturated heterocycles. The van der Waals surface area contributed by atoms with Crippen LogP contribution in [0, 0.1) is 0 Å². The van der Waals surface area contributed by atoms with E-state index in [0.29, 0.717) is 16.5 Å². The van der Waals surface area contributed by atoms with Crippen molar-refractivity contribution in [2.45, 2.75) is 26.2 Å². The highest BCUT2D eigenvalue weighted by molar-refractivity contribution is 6.33. The van der Waals surface area contributed by atoms with Crippen molar-refractivity contribution in [1.29, 1.82) is 0 Å². The van der Waals surface area contributed by atoms with E-state index in [2.05, 4.69) is 24.5 Å². The number of benzene rings is 2. The van der Waals surface area contributed by atoms with Crippen molar-refractivity contribution in [3.63, 3.8) is 0 Å². The fraction of sp³-hybridized carbons (Fsp3) is 0.263. The third kappa shape index (κ3) is 5.10. The summed E-state index contributed by atoms with van der Waals surface area (Å²) in [4.78, 5) is 23.9. The first-order valence-electron chi connectivity index (χ1n) is 7.90. The van der Waals surface area contributed by atoms with Crippen LogP contribution in [0.4, 0.5) is 5.69 Å². The van der Waals surface area contributed by atoms with E-state index in [-0.39, 0.29) is 24.8 Å². The predicted molar refractivity (Wildman–Crippen MR) is 97.6 cm³/mol. The second kappa shape index (κ2) is 8.50. The van der Waals surface area contributed by atoms with Gasteiger partial charge in [0.05, 0.1) is 10.6 Å². The van der Waals surface area contributed by atoms with Crippen LogP contribution in [0.2, 0.25) is 5.02 Å². The Kier molecular flexibility index (Phi) is 6.38. The number of nitrogens with one attached hydrogen (secondary N) is 2. The molecular formula is C19H21ClN2O2. The topological polar surface area (TPSA) is 58.2 Å². The minimum absolute atomic E-state index is 0.147. The van der Waals surface area contributed by atoms with Crippen molar-refractivity contribution in [1.82, 2.24) is 5.32 Å². The fourth-order valence-electron chi connectivity index (χ4n) is 2.20. The lowest BCUT2D eigenvalue weighted by Gasteiger charge is -2.09. The van der Waals surface area contributed by atoms with Gasteiger partial charge < -0.3 is 10.6 Å². The molecule has 2 aromatic carbocycles. The Morgan fingerprint density at radius 3 is 2.33 bits per heavy atom. The van der Waals surface area contributed by atoms with Gasteiger partial charge in [0, 0.05) is 18.7 Å². The van der Waals surface area contributed by atoms with Crippen LogP contribution >= 0.6 is 11.6 Å². The molecule has 0 atom stereocenters. The molecule has 0 radical (unpaired) electrons. The molecule has 0 saturated carbocycles. The minimum atomic E-state index is -0.283. The third-order valence-corrected chi connectivity index (χ3v) is 3.95. The number of rotatable bonds is 6. The van der Waals surface area contributed by atoms with E-state index < -0.39 is 0 Å². The van der Waals surface area contributed by atoms with Gasteiger partial charge in [0.1, 0.15) is 0 Å². The van der Waals surface area contributed by atoms with Crippen molar-refractivity contribution < 1.29 is 9.59 Å². The molecule has 24 heavy (non-hydrogen) atoms. The average Bonchev–Trinajstić information content (AvgIpc) is 2.55. The quantitative estimate of drug-likeness (QED) is 0.824. The molecule has 2 aromatic rings. The first-order valence-corrected chi connectivity index (χ1v) is 8.27. The standard InChI is InChI=1S/C19H21ClN2O2/c1-13(2)14-7-9-15(10-8-14)22-18(23)11-12-21-19(24)16-5-3-4-6-17(16)20/h3-10,13H,11-12H2,1-2H3,(H,21,24)(H,22,23). The van der Waals surface area contributed by atoms with Gasteiger partial charge >= 0.3 is 0 Å². The van der Waals surface area contributed by atoms with Crippen molar-refractivity contribution in [3.8, 4) is 0 Å². The first-order chi connectivity index (χ1) is 11.5. The Labute approximate surface area is 147 Å². The number of hydrogen-bond acceptors (Lipinski definition) is 2. The Morgan fingerprint density at radius 1 is 1.04 bits per heavy atom. The van der Waals surface area contributed by atoms with Gasteiger partial charge in [0.15, 0.2) is 0 Å². The zero-order valence-corrected chi connectivity index (χ0v) is 14.6. The van der Waals surface area contributed by atoms with Gasteiger partial charge in [-0.1, -0.05) is 49.7 Å². The molecule has 0 aliphatic heterocycles. The monoisotopic (exact) mass is 344 g/mol. The highest BCUT2D eigenvalue weighted by Gasteiger charge is 2.10. The molecule has 2 amide bonds. The fourth-order valence-corrected chi connectivity index (χ4v) is 2.43. The molecule has 2 rings (SSSR count). The summed E-state index contributed by atoms with van der Waals surface area (Å²) in [5.41, 5.74) is 2.38. The maximum atomic E-state index is 12.0. The Balaban J connectivity index is 1.79. The van der Waals surface area contributed by atoms with E-state index in [1.807, 2.05) is 24.3 Å². The maximum absolute atomic E-state index is 12.0. The van der Waals surface area contributed by atoms with Crippen LogP contribution in [0.5, 0.6) is 0 Å². The maximum Gasteiger partial charge on any atom is 0.252 e. The van der Waals surface area contributed by atoms with E-state index in [9.17, 15) is 9.59 Å². The summed E-state index contributed by atoms with van der Waals surface area (Å²) in [6.07, 6.45) is 0.197. The summed E-state index contributed by atoms with van der Waals surface area (Å²) in [5, 5.41) is 5.91. The van der Waals surface area contributed by atoms with E-state index in [0.717, 1.165) is 5.69 Å². The van der Waals surface area contributed by atoms with Crippen LogP contribution in [0.1, 0.15) is 42.1 Å². The zero-order chi connectivity index (χ0) is 17.5. The van der Waals surface area contributed by atoms with E-state index in [1.165, 1.54) is 5.56 Å². The molecule has 0 aromatic heterocycles. The smallest absolute Gasteiger partial charge is 0.252 e. The summed E-state index contributed by atoms with van der Waals surface area (Å²) in [6, 6.07) is 14.6. The lowest BCUT2D eigenvalue weighted by molar-refractivity contribution is -0.116. The van der Waals surface area contributed by atoms with Gasteiger partial charge in [-0.15, -0.1) is 0 Å². The number of anilines is 1. The largest absolute Gasteiger partial charge is 0.351 e. The predicted octanol–water partition coefficient (Wildman–Crippen LogP) is 4.22. The molecule has 0 fully saturated rings. The van der Waals surface area contributed by atoms with Gasteiger partial charge in [-0.2, -0.15) is 0 Å². The third-order valence-electron chi connectivity index (χ3n) is 3.62. The second-order valence-corrected chi connectivity index (χ2v) is 6.22. The molecule has 0 aliphatic rings. The molecule has 2 N–H and O–H groups in total. The van der Waals surface area contributed by atoms with Gasteiger partial charge in [-0.25, -0.2) is 0 Å². The molecule has 0 aliphatic carbocycles. The van der Waals surface area contributed by atoms with Crippen LogP contribution in [0.15, 0.2) is 48.5 Å². The van der Waals surface area contributed by atoms with E-state index in [4.69, 9.17) is 11.6 Å². The van der Waals surface area contributed by atoms with Crippen LogP contribution in [0.25, 0.3) is 0 Å². The van der Waals surface area contributed by atoms with Crippen LogP contribution < -0.4 is 10.6 Å². The molecule has 126 valence electrons. The molecule has 0 unspecified atom stereocenters. The van der Waals surface area contributed by atoms with E-state index in [1.54, 1.807) is 24.3 Å². The summed E-state index contributed by atoms with van der Waals surface area (Å²) < 4.78 is 0. The van der Waals surface area contributed by atoms with Crippen molar-refractivity contribution in [2.75, 3.05) is 11.9 Å². The van der Waals surface area contributed by atoms with Gasteiger partial charge in [0.25, 0.3) is 5.91 Å². The number of amides is 2. The van der Waals surface area contributed by atoms with Gasteiger partial charge in [-0.3, -0.25) is 9.59 Å². The highest BCUT2D eigenvalue weighted by atomic mass is 35.5. The molecule has 5 heteroatoms. The zero-order valence-electron chi connectivity index (χ0n) is 13.8. The number of hydrogen-bond donors (Lipinski definition) is 2. The van der Waals surface area contributed by atoms with Crippen LogP contribution in [-0.2, 0) is 4.79 Å². The number of carbonyl (C=O) groups excluding carboxylic acids is 2. The van der Waals surface area contributed by atoms with Gasteiger partial charge in [-0.05, 0) is 35.7 Å². The first kappa shape index (κ1) is 18.0. The lowest BCUT2D eigenvalue weighted by Crippen LogP contribution is -2.27. The molecule has 0 bridgehead atoms. The van der Waals surface area contributed by atoms with Crippen LogP contribution in [0.3, 0.4) is 0 Å². The summed E-state index contributed by atoms with van der Waals surface area (Å²) in [6.45, 7) is 4.49. The molecule has 4 nitrogen and oxygen atoms in total. The SMILES string of the molecule is CC(C)c1ccc(NC(=O)CCNC(=O)c2ccccc2Cl)cc1. The molecule has 0 spiro atoms. The Hall–Kier alpha value is -2.33. The summed E-state index contributed by atoms with van der Waals surface area (Å²) in [7, 11) is 0. The molecular weight excluding hydrogens is 324 g/mol. The average molecular weight is 345 g/mol. The van der Waals surface area contributed by atoms with Crippen molar-refractivity contribution >= 4 is 29.1 Å². The summed E-state index contributed by atoms with van der Waals surface area (Å²) in [5.74, 6) is 0.0243. The van der Waals surface area contributed by atoms with E-state index >= 15 is 0 Å². The highest BCUT2D eigenvalue weighted by Crippen LogP contribution is 2.17. The Bertz CT molecular complexity index is 712. The van der Waals surface area contributed by atoms with Crippen LogP contribution in [-0.4, -0.2) is 18.4 Å². The second-order valence-electron chi connectivity index (χ2n) is 5.81.